The Kier molecular flexibility index (Phi) is 5.52. The lowest BCUT2D eigenvalue weighted by Crippen LogP contribution is -2.28. The molecular weight excluding hydrogens is 318 g/mol. The van der Waals surface area contributed by atoms with Gasteiger partial charge in [-0.15, -0.1) is 0 Å². The molecule has 2 aromatic rings. The van der Waals surface area contributed by atoms with E-state index in [1.807, 2.05) is 30.3 Å². The van der Waals surface area contributed by atoms with Crippen molar-refractivity contribution in [3.05, 3.63) is 58.3 Å². The van der Waals surface area contributed by atoms with Crippen LogP contribution in [0.4, 0.5) is 0 Å². The van der Waals surface area contributed by atoms with E-state index < -0.39 is 0 Å². The lowest BCUT2D eigenvalue weighted by Gasteiger charge is -2.17. The second-order valence-electron chi connectivity index (χ2n) is 4.45. The number of nitrogens with zero attached hydrogens (tertiary/aromatic N) is 1. The summed E-state index contributed by atoms with van der Waals surface area (Å²) in [5.74, 6) is 6.46. The van der Waals surface area contributed by atoms with E-state index in [1.54, 1.807) is 12.4 Å². The highest BCUT2D eigenvalue weighted by Gasteiger charge is 2.13. The van der Waals surface area contributed by atoms with Crippen molar-refractivity contribution in [3.63, 3.8) is 0 Å². The molecule has 0 aliphatic carbocycles. The summed E-state index contributed by atoms with van der Waals surface area (Å²) in [7, 11) is 0. The van der Waals surface area contributed by atoms with Crippen LogP contribution in [0.3, 0.4) is 0 Å². The van der Waals surface area contributed by atoms with Crippen LogP contribution in [0.15, 0.2) is 47.2 Å². The van der Waals surface area contributed by atoms with Gasteiger partial charge < -0.3 is 4.74 Å². The summed E-state index contributed by atoms with van der Waals surface area (Å²) in [5.41, 5.74) is 4.88. The molecule has 0 bridgehead atoms. The molecule has 1 atom stereocenters. The Hall–Kier alpha value is -1.43. The number of hydrogen-bond donors (Lipinski definition) is 2. The van der Waals surface area contributed by atoms with Gasteiger partial charge in [-0.05, 0) is 35.7 Å². The van der Waals surface area contributed by atoms with Gasteiger partial charge >= 0.3 is 0 Å². The van der Waals surface area contributed by atoms with Crippen LogP contribution in [0.25, 0.3) is 0 Å². The lowest BCUT2D eigenvalue weighted by atomic mass is 10.0. The molecule has 4 nitrogen and oxygen atoms in total. The molecule has 5 heteroatoms. The largest absolute Gasteiger partial charge is 0.492 e. The Bertz CT molecular complexity index is 545. The Morgan fingerprint density at radius 1 is 1.25 bits per heavy atom. The average molecular weight is 336 g/mol. The molecule has 0 fully saturated rings. The molecule has 1 heterocycles. The molecule has 0 aliphatic rings. The number of ether oxygens (including phenoxy) is 1. The van der Waals surface area contributed by atoms with Crippen molar-refractivity contribution in [1.29, 1.82) is 0 Å². The first-order valence-corrected chi connectivity index (χ1v) is 7.33. The second kappa shape index (κ2) is 7.38. The Labute approximate surface area is 127 Å². The van der Waals surface area contributed by atoms with Gasteiger partial charge in [-0.2, -0.15) is 0 Å². The fourth-order valence-electron chi connectivity index (χ4n) is 1.93. The number of rotatable bonds is 6. The van der Waals surface area contributed by atoms with Gasteiger partial charge in [0, 0.05) is 10.7 Å². The summed E-state index contributed by atoms with van der Waals surface area (Å²) in [5, 5.41) is 0. The molecule has 0 saturated heterocycles. The van der Waals surface area contributed by atoms with E-state index >= 15 is 0 Å². The fourth-order valence-corrected chi connectivity index (χ4v) is 2.20. The summed E-state index contributed by atoms with van der Waals surface area (Å²) in [4.78, 5) is 4.22. The number of hydrazine groups is 1. The summed E-state index contributed by atoms with van der Waals surface area (Å²) >= 11 is 3.43. The Morgan fingerprint density at radius 3 is 2.65 bits per heavy atom. The molecule has 3 N–H and O–H groups in total. The molecular formula is C15H18BrN3O. The third-order valence-corrected chi connectivity index (χ3v) is 3.44. The van der Waals surface area contributed by atoms with Crippen LogP contribution < -0.4 is 16.0 Å². The van der Waals surface area contributed by atoms with Gasteiger partial charge in [0.15, 0.2) is 0 Å². The van der Waals surface area contributed by atoms with Crippen LogP contribution in [0.2, 0.25) is 0 Å². The van der Waals surface area contributed by atoms with Crippen molar-refractivity contribution in [3.8, 4) is 5.75 Å². The number of hydrogen-bond acceptors (Lipinski definition) is 4. The molecule has 1 unspecified atom stereocenters. The third kappa shape index (κ3) is 3.79. The molecule has 106 valence electrons. The Balaban J connectivity index is 2.24. The molecule has 2 rings (SSSR count). The van der Waals surface area contributed by atoms with Crippen molar-refractivity contribution in [2.45, 2.75) is 19.4 Å². The smallest absolute Gasteiger partial charge is 0.137 e. The summed E-state index contributed by atoms with van der Waals surface area (Å²) in [6.07, 6.45) is 4.48. The van der Waals surface area contributed by atoms with E-state index in [-0.39, 0.29) is 6.04 Å². The quantitative estimate of drug-likeness (QED) is 0.628. The molecule has 0 spiro atoms. The molecule has 0 amide bonds. The van der Waals surface area contributed by atoms with E-state index in [1.165, 1.54) is 0 Å². The summed E-state index contributed by atoms with van der Waals surface area (Å²) in [6, 6.07) is 9.88. The molecule has 0 radical (unpaired) electrons. The van der Waals surface area contributed by atoms with Crippen molar-refractivity contribution in [1.82, 2.24) is 10.4 Å². The minimum absolute atomic E-state index is 0.110. The molecule has 1 aromatic heterocycles. The van der Waals surface area contributed by atoms with Crippen LogP contribution >= 0.6 is 15.9 Å². The van der Waals surface area contributed by atoms with Gasteiger partial charge in [0.2, 0.25) is 0 Å². The lowest BCUT2D eigenvalue weighted by molar-refractivity contribution is 0.315. The molecule has 0 saturated carbocycles. The van der Waals surface area contributed by atoms with Gasteiger partial charge in [0.05, 0.1) is 18.8 Å². The van der Waals surface area contributed by atoms with Crippen LogP contribution in [0.1, 0.15) is 30.5 Å². The van der Waals surface area contributed by atoms with Gasteiger partial charge in [0.1, 0.15) is 5.75 Å². The number of nitrogens with two attached hydrogens (primary N) is 1. The van der Waals surface area contributed by atoms with Crippen LogP contribution in [0.5, 0.6) is 5.75 Å². The normalized spacial score (nSPS) is 12.2. The number of benzene rings is 1. The van der Waals surface area contributed by atoms with E-state index in [4.69, 9.17) is 10.6 Å². The Morgan fingerprint density at radius 2 is 2.00 bits per heavy atom. The van der Waals surface area contributed by atoms with Crippen molar-refractivity contribution in [2.24, 2.45) is 5.84 Å². The maximum absolute atomic E-state index is 5.69. The number of nitrogens with one attached hydrogen (secondary N) is 1. The van der Waals surface area contributed by atoms with Crippen LogP contribution in [0, 0.1) is 0 Å². The maximum atomic E-state index is 5.69. The van der Waals surface area contributed by atoms with Crippen molar-refractivity contribution >= 4 is 15.9 Å². The van der Waals surface area contributed by atoms with E-state index in [0.29, 0.717) is 6.61 Å². The van der Waals surface area contributed by atoms with Crippen LogP contribution in [-0.2, 0) is 0 Å². The van der Waals surface area contributed by atoms with Gasteiger partial charge in [-0.25, -0.2) is 5.43 Å². The zero-order valence-corrected chi connectivity index (χ0v) is 12.9. The zero-order valence-electron chi connectivity index (χ0n) is 11.3. The fraction of sp³-hybridized carbons (Fsp3) is 0.267. The van der Waals surface area contributed by atoms with Gasteiger partial charge in [-0.3, -0.25) is 10.8 Å². The van der Waals surface area contributed by atoms with Crippen LogP contribution in [-0.4, -0.2) is 11.6 Å². The molecule has 20 heavy (non-hydrogen) atoms. The first-order chi connectivity index (χ1) is 9.74. The minimum Gasteiger partial charge on any atom is -0.492 e. The van der Waals surface area contributed by atoms with E-state index in [2.05, 4.69) is 33.3 Å². The summed E-state index contributed by atoms with van der Waals surface area (Å²) in [6.45, 7) is 2.76. The monoisotopic (exact) mass is 335 g/mol. The standard InChI is InChI=1S/C15H18BrN3O/c1-2-7-20-14-8-12(9-18-10-14)15(19-17)11-3-5-13(16)6-4-11/h3-6,8-10,15,19H,2,7,17H2,1H3. The highest BCUT2D eigenvalue weighted by Crippen LogP contribution is 2.25. The molecule has 0 aliphatic heterocycles. The SMILES string of the molecule is CCCOc1cncc(C(NN)c2ccc(Br)cc2)c1. The van der Waals surface area contributed by atoms with E-state index in [9.17, 15) is 0 Å². The highest BCUT2D eigenvalue weighted by atomic mass is 79.9. The zero-order chi connectivity index (χ0) is 14.4. The van der Waals surface area contributed by atoms with Crippen molar-refractivity contribution < 1.29 is 4.74 Å². The minimum atomic E-state index is -0.110. The van der Waals surface area contributed by atoms with Gasteiger partial charge in [-0.1, -0.05) is 35.0 Å². The van der Waals surface area contributed by atoms with Gasteiger partial charge in [0.25, 0.3) is 0 Å². The van der Waals surface area contributed by atoms with Crippen molar-refractivity contribution in [2.75, 3.05) is 6.61 Å². The second-order valence-corrected chi connectivity index (χ2v) is 5.37. The van der Waals surface area contributed by atoms with E-state index in [0.717, 1.165) is 27.8 Å². The predicted octanol–water partition coefficient (Wildman–Crippen LogP) is 3.19. The highest BCUT2D eigenvalue weighted by molar-refractivity contribution is 9.10. The number of halogens is 1. The maximum Gasteiger partial charge on any atom is 0.137 e. The average Bonchev–Trinajstić information content (AvgIpc) is 2.48. The third-order valence-electron chi connectivity index (χ3n) is 2.91. The number of pyridine rings is 1. The predicted molar refractivity (Wildman–Crippen MR) is 83.3 cm³/mol. The number of aromatic nitrogens is 1. The summed E-state index contributed by atoms with van der Waals surface area (Å²) < 4.78 is 6.64. The first-order valence-electron chi connectivity index (χ1n) is 6.54. The molecule has 1 aromatic carbocycles. The first kappa shape index (κ1) is 15.0. The topological polar surface area (TPSA) is 60.2 Å².